The smallest absolute Gasteiger partial charge is 0.313 e. The molecular formula is C14H11F2N5O2. The van der Waals surface area contributed by atoms with Crippen LogP contribution in [0, 0.1) is 0 Å². The Bertz CT molecular complexity index is 1010. The summed E-state index contributed by atoms with van der Waals surface area (Å²) in [7, 11) is 0. The number of imidazole rings is 1. The minimum Gasteiger partial charge on any atom is -0.313 e. The van der Waals surface area contributed by atoms with E-state index in [1.807, 2.05) is 0 Å². The van der Waals surface area contributed by atoms with Crippen molar-refractivity contribution in [3.63, 3.8) is 0 Å². The molecule has 1 aliphatic rings. The van der Waals surface area contributed by atoms with Gasteiger partial charge in [-0.1, -0.05) is 0 Å². The van der Waals surface area contributed by atoms with Crippen LogP contribution in [0.3, 0.4) is 0 Å². The second-order valence-corrected chi connectivity index (χ2v) is 5.63. The number of aromatic amines is 2. The molecule has 4 rings (SSSR count). The van der Waals surface area contributed by atoms with Crippen LogP contribution < -0.4 is 11.2 Å². The maximum atomic E-state index is 13.2. The number of aromatic nitrogens is 5. The molecule has 1 aliphatic carbocycles. The summed E-state index contributed by atoms with van der Waals surface area (Å²) in [5.41, 5.74) is 0.351. The van der Waals surface area contributed by atoms with Crippen LogP contribution in [0.1, 0.15) is 24.3 Å². The lowest BCUT2D eigenvalue weighted by Gasteiger charge is -2.35. The molecule has 3 aromatic rings. The van der Waals surface area contributed by atoms with Gasteiger partial charge in [-0.3, -0.25) is 9.78 Å². The van der Waals surface area contributed by atoms with Gasteiger partial charge >= 0.3 is 5.69 Å². The molecule has 0 unspecified atom stereocenters. The highest BCUT2D eigenvalue weighted by atomic mass is 19.3. The highest BCUT2D eigenvalue weighted by Gasteiger charge is 2.46. The highest BCUT2D eigenvalue weighted by molar-refractivity contribution is 5.62. The molecule has 0 spiro atoms. The normalized spacial score (nSPS) is 17.3. The number of nitrogens with one attached hydrogen (secondary N) is 2. The zero-order chi connectivity index (χ0) is 16.2. The predicted octanol–water partition coefficient (Wildman–Crippen LogP) is 1.29. The second-order valence-electron chi connectivity index (χ2n) is 5.63. The summed E-state index contributed by atoms with van der Waals surface area (Å²) in [6.07, 6.45) is 3.86. The zero-order valence-corrected chi connectivity index (χ0v) is 11.7. The number of fused-ring (bicyclic) bond motifs is 1. The largest absolute Gasteiger partial charge is 0.325 e. The number of rotatable bonds is 2. The zero-order valence-electron chi connectivity index (χ0n) is 11.7. The van der Waals surface area contributed by atoms with E-state index in [0.717, 1.165) is 0 Å². The van der Waals surface area contributed by atoms with Crippen molar-refractivity contribution in [1.29, 1.82) is 0 Å². The molecule has 3 aromatic heterocycles. The fourth-order valence-corrected chi connectivity index (χ4v) is 2.85. The van der Waals surface area contributed by atoms with E-state index in [2.05, 4.69) is 20.1 Å². The second kappa shape index (κ2) is 4.58. The van der Waals surface area contributed by atoms with Crippen LogP contribution in [0.5, 0.6) is 0 Å². The highest BCUT2D eigenvalue weighted by Crippen LogP contribution is 2.49. The van der Waals surface area contributed by atoms with Crippen molar-refractivity contribution in [3.8, 4) is 11.3 Å². The van der Waals surface area contributed by atoms with Crippen molar-refractivity contribution >= 4 is 5.65 Å². The molecule has 3 heterocycles. The third-order valence-corrected chi connectivity index (χ3v) is 4.01. The molecule has 0 bridgehead atoms. The lowest BCUT2D eigenvalue weighted by atomic mass is 9.77. The maximum Gasteiger partial charge on any atom is 0.325 e. The Hall–Kier alpha value is -2.84. The summed E-state index contributed by atoms with van der Waals surface area (Å²) in [6.45, 7) is 0. The summed E-state index contributed by atoms with van der Waals surface area (Å²) in [5, 5.41) is 4.26. The Morgan fingerprint density at radius 1 is 1.30 bits per heavy atom. The molecular weight excluding hydrogens is 308 g/mol. The number of alkyl halides is 2. The molecule has 118 valence electrons. The van der Waals surface area contributed by atoms with E-state index in [4.69, 9.17) is 0 Å². The Morgan fingerprint density at radius 3 is 2.78 bits per heavy atom. The standard InChI is InChI=1S/C14H11F2N5O2/c15-14(16)4-7(5-14)8-3-10(20-21-2-1-17-11(8)21)9-6-18-13(23)19-12(9)22/h1-3,6-7H,4-5H2,(H2,18,19,22,23). The molecule has 0 atom stereocenters. The Morgan fingerprint density at radius 2 is 2.09 bits per heavy atom. The van der Waals surface area contributed by atoms with Gasteiger partial charge in [0.15, 0.2) is 5.65 Å². The number of halogens is 2. The molecule has 1 fully saturated rings. The van der Waals surface area contributed by atoms with Gasteiger partial charge < -0.3 is 4.98 Å². The van der Waals surface area contributed by atoms with Crippen molar-refractivity contribution in [3.05, 3.63) is 51.1 Å². The van der Waals surface area contributed by atoms with E-state index < -0.39 is 17.2 Å². The van der Waals surface area contributed by atoms with Crippen LogP contribution in [-0.4, -0.2) is 30.5 Å². The van der Waals surface area contributed by atoms with Gasteiger partial charge in [-0.2, -0.15) is 5.10 Å². The molecule has 1 saturated carbocycles. The first kappa shape index (κ1) is 13.8. The fraction of sp³-hybridized carbons (Fsp3) is 0.286. The molecule has 2 N–H and O–H groups in total. The minimum absolute atomic E-state index is 0.160. The van der Waals surface area contributed by atoms with Crippen LogP contribution in [-0.2, 0) is 0 Å². The van der Waals surface area contributed by atoms with Gasteiger partial charge in [-0.05, 0) is 12.0 Å². The van der Waals surface area contributed by atoms with Crippen molar-refractivity contribution < 1.29 is 8.78 Å². The summed E-state index contributed by atoms with van der Waals surface area (Å²) in [6, 6.07) is 1.59. The first-order valence-electron chi connectivity index (χ1n) is 6.97. The molecule has 0 aliphatic heterocycles. The lowest BCUT2D eigenvalue weighted by Crippen LogP contribution is -2.34. The van der Waals surface area contributed by atoms with Crippen LogP contribution in [0.15, 0.2) is 34.2 Å². The van der Waals surface area contributed by atoms with Gasteiger partial charge in [0.05, 0.1) is 11.3 Å². The average molecular weight is 319 g/mol. The maximum absolute atomic E-state index is 13.2. The van der Waals surface area contributed by atoms with Crippen molar-refractivity contribution in [2.24, 2.45) is 0 Å². The van der Waals surface area contributed by atoms with Gasteiger partial charge in [0.25, 0.3) is 5.56 Å². The molecule has 23 heavy (non-hydrogen) atoms. The summed E-state index contributed by atoms with van der Waals surface area (Å²) in [5.74, 6) is -2.99. The van der Waals surface area contributed by atoms with Crippen molar-refractivity contribution in [1.82, 2.24) is 24.6 Å². The van der Waals surface area contributed by atoms with E-state index in [1.165, 1.54) is 16.9 Å². The lowest BCUT2D eigenvalue weighted by molar-refractivity contribution is -0.0865. The Labute approximate surface area is 127 Å². The van der Waals surface area contributed by atoms with Crippen LogP contribution >= 0.6 is 0 Å². The first-order chi connectivity index (χ1) is 10.9. The average Bonchev–Trinajstić information content (AvgIpc) is 2.92. The molecule has 0 saturated heterocycles. The summed E-state index contributed by atoms with van der Waals surface area (Å²) >= 11 is 0. The van der Waals surface area contributed by atoms with E-state index >= 15 is 0 Å². The Kier molecular flexibility index (Phi) is 2.75. The fourth-order valence-electron chi connectivity index (χ4n) is 2.85. The monoisotopic (exact) mass is 319 g/mol. The molecule has 9 heteroatoms. The quantitative estimate of drug-likeness (QED) is 0.744. The molecule has 0 aromatic carbocycles. The SMILES string of the molecule is O=c1[nH]cc(-c2cc(C3CC(F)(F)C3)c3nccn3n2)c(=O)[nH]1. The number of nitrogens with zero attached hydrogens (tertiary/aromatic N) is 3. The first-order valence-corrected chi connectivity index (χ1v) is 6.97. The summed E-state index contributed by atoms with van der Waals surface area (Å²) in [4.78, 5) is 31.7. The van der Waals surface area contributed by atoms with Crippen LogP contribution in [0.4, 0.5) is 8.78 Å². The molecule has 0 amide bonds. The predicted molar refractivity (Wildman–Crippen MR) is 76.6 cm³/mol. The van der Waals surface area contributed by atoms with Gasteiger partial charge in [0.2, 0.25) is 5.92 Å². The van der Waals surface area contributed by atoms with Crippen LogP contribution in [0.25, 0.3) is 16.9 Å². The number of H-pyrrole nitrogens is 2. The third kappa shape index (κ3) is 2.24. The van der Waals surface area contributed by atoms with Gasteiger partial charge in [0, 0.05) is 37.0 Å². The number of hydrogen-bond acceptors (Lipinski definition) is 4. The van der Waals surface area contributed by atoms with E-state index in [1.54, 1.807) is 12.3 Å². The van der Waals surface area contributed by atoms with Crippen molar-refractivity contribution in [2.75, 3.05) is 0 Å². The van der Waals surface area contributed by atoms with Crippen LogP contribution in [0.2, 0.25) is 0 Å². The topological polar surface area (TPSA) is 95.9 Å². The number of hydrogen-bond donors (Lipinski definition) is 2. The van der Waals surface area contributed by atoms with E-state index in [0.29, 0.717) is 16.9 Å². The van der Waals surface area contributed by atoms with Crippen molar-refractivity contribution in [2.45, 2.75) is 24.7 Å². The van der Waals surface area contributed by atoms with Gasteiger partial charge in [-0.25, -0.2) is 23.1 Å². The minimum atomic E-state index is -2.66. The summed E-state index contributed by atoms with van der Waals surface area (Å²) < 4.78 is 27.8. The molecule has 7 nitrogen and oxygen atoms in total. The van der Waals surface area contributed by atoms with E-state index in [9.17, 15) is 18.4 Å². The molecule has 0 radical (unpaired) electrons. The Balaban J connectivity index is 1.88. The third-order valence-electron chi connectivity index (χ3n) is 4.01. The van der Waals surface area contributed by atoms with Gasteiger partial charge in [-0.15, -0.1) is 0 Å². The van der Waals surface area contributed by atoms with Gasteiger partial charge in [0.1, 0.15) is 0 Å². The van der Waals surface area contributed by atoms with E-state index in [-0.39, 0.29) is 24.3 Å².